The molecule has 6 heteroatoms. The minimum absolute atomic E-state index is 0.0818. The number of rotatable bonds is 5. The third-order valence-electron chi connectivity index (χ3n) is 2.85. The molecule has 0 atom stereocenters. The van der Waals surface area contributed by atoms with Crippen LogP contribution >= 0.6 is 15.9 Å². The highest BCUT2D eigenvalue weighted by Crippen LogP contribution is 2.21. The van der Waals surface area contributed by atoms with Gasteiger partial charge < -0.3 is 5.32 Å². The molecule has 1 N–H and O–H groups in total. The van der Waals surface area contributed by atoms with Crippen molar-refractivity contribution in [3.63, 3.8) is 0 Å². The molecule has 4 nitrogen and oxygen atoms in total. The number of nitro groups is 1. The van der Waals surface area contributed by atoms with Gasteiger partial charge in [-0.25, -0.2) is 4.39 Å². The average molecular weight is 339 g/mol. The fraction of sp³-hybridized carbons (Fsp3) is 0.143. The normalized spacial score (nSPS) is 10.5. The Morgan fingerprint density at radius 2 is 1.75 bits per heavy atom. The summed E-state index contributed by atoms with van der Waals surface area (Å²) < 4.78 is 13.7. The maximum atomic E-state index is 13.3. The molecule has 0 radical (unpaired) electrons. The first kappa shape index (κ1) is 14.6. The van der Waals surface area contributed by atoms with E-state index in [4.69, 9.17) is 0 Å². The van der Waals surface area contributed by atoms with Crippen LogP contribution < -0.4 is 5.32 Å². The van der Waals surface area contributed by atoms with E-state index in [0.29, 0.717) is 23.1 Å². The molecule has 0 bridgehead atoms. The van der Waals surface area contributed by atoms with Crippen molar-refractivity contribution in [1.82, 2.24) is 5.32 Å². The molecule has 104 valence electrons. The fourth-order valence-electron chi connectivity index (χ4n) is 1.86. The first-order chi connectivity index (χ1) is 9.59. The molecular weight excluding hydrogens is 327 g/mol. The summed E-state index contributed by atoms with van der Waals surface area (Å²) in [6.07, 6.45) is 0. The Morgan fingerprint density at radius 1 is 1.10 bits per heavy atom. The molecule has 2 aromatic rings. The van der Waals surface area contributed by atoms with Crippen molar-refractivity contribution in [2.45, 2.75) is 13.1 Å². The SMILES string of the molecule is O=[N+]([O-])c1ccccc1CNCc1cccc(F)c1Br. The number of para-hydroxylation sites is 1. The van der Waals surface area contributed by atoms with Crippen LogP contribution in [-0.4, -0.2) is 4.92 Å². The lowest BCUT2D eigenvalue weighted by Gasteiger charge is -2.08. The second kappa shape index (κ2) is 6.58. The van der Waals surface area contributed by atoms with Gasteiger partial charge in [-0.3, -0.25) is 10.1 Å². The molecule has 0 aliphatic carbocycles. The second-order valence-corrected chi connectivity index (χ2v) is 5.00. The lowest BCUT2D eigenvalue weighted by Crippen LogP contribution is -2.14. The van der Waals surface area contributed by atoms with Gasteiger partial charge in [0.15, 0.2) is 0 Å². The van der Waals surface area contributed by atoms with Crippen LogP contribution in [0, 0.1) is 15.9 Å². The molecule has 0 heterocycles. The van der Waals surface area contributed by atoms with Gasteiger partial charge in [-0.05, 0) is 27.6 Å². The summed E-state index contributed by atoms with van der Waals surface area (Å²) >= 11 is 3.18. The third kappa shape index (κ3) is 3.40. The molecule has 0 fully saturated rings. The van der Waals surface area contributed by atoms with Crippen LogP contribution in [0.15, 0.2) is 46.9 Å². The largest absolute Gasteiger partial charge is 0.308 e. The summed E-state index contributed by atoms with van der Waals surface area (Å²) in [6.45, 7) is 0.768. The standard InChI is InChI=1S/C14H12BrFN2O2/c15-14-11(5-3-6-12(14)16)9-17-8-10-4-1-2-7-13(10)18(19)20/h1-7,17H,8-9H2. The van der Waals surface area contributed by atoms with Gasteiger partial charge in [-0.2, -0.15) is 0 Å². The van der Waals surface area contributed by atoms with Crippen LogP contribution in [0.2, 0.25) is 0 Å². The van der Waals surface area contributed by atoms with Crippen molar-refractivity contribution in [1.29, 1.82) is 0 Å². The van der Waals surface area contributed by atoms with E-state index in [1.165, 1.54) is 12.1 Å². The van der Waals surface area contributed by atoms with Crippen molar-refractivity contribution < 1.29 is 9.31 Å². The Labute approximate surface area is 123 Å². The summed E-state index contributed by atoms with van der Waals surface area (Å²) in [4.78, 5) is 10.5. The van der Waals surface area contributed by atoms with Gasteiger partial charge >= 0.3 is 0 Å². The first-order valence-corrected chi connectivity index (χ1v) is 6.75. The minimum atomic E-state index is -0.408. The van der Waals surface area contributed by atoms with E-state index in [0.717, 1.165) is 5.56 Å². The predicted octanol–water partition coefficient (Wildman–Crippen LogP) is 3.79. The lowest BCUT2D eigenvalue weighted by molar-refractivity contribution is -0.385. The van der Waals surface area contributed by atoms with Crippen LogP contribution in [0.5, 0.6) is 0 Å². The fourth-order valence-corrected chi connectivity index (χ4v) is 2.26. The molecule has 0 saturated carbocycles. The van der Waals surface area contributed by atoms with Gasteiger partial charge in [0.1, 0.15) is 5.82 Å². The van der Waals surface area contributed by atoms with E-state index in [-0.39, 0.29) is 11.5 Å². The van der Waals surface area contributed by atoms with E-state index >= 15 is 0 Å². The Kier molecular flexibility index (Phi) is 4.81. The molecule has 2 rings (SSSR count). The summed E-state index contributed by atoms with van der Waals surface area (Å²) in [6, 6.07) is 11.3. The summed E-state index contributed by atoms with van der Waals surface area (Å²) in [5, 5.41) is 14.0. The van der Waals surface area contributed by atoms with Gasteiger partial charge in [-0.1, -0.05) is 30.3 Å². The van der Waals surface area contributed by atoms with Crippen LogP contribution in [0.25, 0.3) is 0 Å². The molecule has 0 aromatic heterocycles. The third-order valence-corrected chi connectivity index (χ3v) is 3.74. The zero-order valence-electron chi connectivity index (χ0n) is 10.5. The molecule has 0 amide bonds. The smallest absolute Gasteiger partial charge is 0.273 e. The Hall–Kier alpha value is -1.79. The van der Waals surface area contributed by atoms with Crippen molar-refractivity contribution in [2.24, 2.45) is 0 Å². The average Bonchev–Trinajstić information content (AvgIpc) is 2.44. The quantitative estimate of drug-likeness (QED) is 0.666. The molecule has 0 unspecified atom stereocenters. The number of halogens is 2. The molecule has 2 aromatic carbocycles. The van der Waals surface area contributed by atoms with Gasteiger partial charge in [0.25, 0.3) is 5.69 Å². The molecule has 0 aliphatic heterocycles. The lowest BCUT2D eigenvalue weighted by atomic mass is 10.1. The highest BCUT2D eigenvalue weighted by Gasteiger charge is 2.12. The van der Waals surface area contributed by atoms with E-state index in [9.17, 15) is 14.5 Å². The zero-order chi connectivity index (χ0) is 14.5. The minimum Gasteiger partial charge on any atom is -0.308 e. The number of benzene rings is 2. The highest BCUT2D eigenvalue weighted by atomic mass is 79.9. The second-order valence-electron chi connectivity index (χ2n) is 4.20. The highest BCUT2D eigenvalue weighted by molar-refractivity contribution is 9.10. The summed E-state index contributed by atoms with van der Waals surface area (Å²) in [5.74, 6) is -0.324. The molecule has 0 saturated heterocycles. The van der Waals surface area contributed by atoms with Crippen LogP contribution in [0.4, 0.5) is 10.1 Å². The Balaban J connectivity index is 2.03. The van der Waals surface area contributed by atoms with Gasteiger partial charge in [-0.15, -0.1) is 0 Å². The van der Waals surface area contributed by atoms with Crippen molar-refractivity contribution in [2.75, 3.05) is 0 Å². The Bertz CT molecular complexity index is 634. The van der Waals surface area contributed by atoms with Crippen molar-refractivity contribution >= 4 is 21.6 Å². The number of hydrogen-bond acceptors (Lipinski definition) is 3. The topological polar surface area (TPSA) is 55.2 Å². The van der Waals surface area contributed by atoms with Crippen molar-refractivity contribution in [3.05, 3.63) is 74.0 Å². The predicted molar refractivity (Wildman–Crippen MR) is 77.7 cm³/mol. The summed E-state index contributed by atoms with van der Waals surface area (Å²) in [7, 11) is 0. The monoisotopic (exact) mass is 338 g/mol. The molecule has 0 spiro atoms. The van der Waals surface area contributed by atoms with Gasteiger partial charge in [0.05, 0.1) is 9.40 Å². The Morgan fingerprint density at radius 3 is 2.50 bits per heavy atom. The zero-order valence-corrected chi connectivity index (χ0v) is 12.1. The van der Waals surface area contributed by atoms with E-state index in [1.54, 1.807) is 30.3 Å². The van der Waals surface area contributed by atoms with Gasteiger partial charge in [0, 0.05) is 24.7 Å². The number of hydrogen-bond donors (Lipinski definition) is 1. The van der Waals surface area contributed by atoms with Crippen molar-refractivity contribution in [3.8, 4) is 0 Å². The van der Waals surface area contributed by atoms with E-state index in [1.807, 2.05) is 0 Å². The van der Waals surface area contributed by atoms with E-state index in [2.05, 4.69) is 21.2 Å². The molecule has 20 heavy (non-hydrogen) atoms. The summed E-state index contributed by atoms with van der Waals surface area (Å²) in [5.41, 5.74) is 1.45. The maximum absolute atomic E-state index is 13.3. The van der Waals surface area contributed by atoms with Crippen LogP contribution in [0.1, 0.15) is 11.1 Å². The molecule has 0 aliphatic rings. The number of nitrogens with one attached hydrogen (secondary N) is 1. The first-order valence-electron chi connectivity index (χ1n) is 5.95. The van der Waals surface area contributed by atoms with E-state index < -0.39 is 4.92 Å². The number of nitrogens with zero attached hydrogens (tertiary/aromatic N) is 1. The van der Waals surface area contributed by atoms with Crippen LogP contribution in [-0.2, 0) is 13.1 Å². The molecular formula is C14H12BrFN2O2. The van der Waals surface area contributed by atoms with Gasteiger partial charge in [0.2, 0.25) is 0 Å². The van der Waals surface area contributed by atoms with Crippen LogP contribution in [0.3, 0.4) is 0 Å². The number of nitro benzene ring substituents is 1. The maximum Gasteiger partial charge on any atom is 0.273 e.